The van der Waals surface area contributed by atoms with Crippen LogP contribution >= 0.6 is 0 Å². The minimum atomic E-state index is -1.08. The summed E-state index contributed by atoms with van der Waals surface area (Å²) in [5, 5.41) is 15.5. The molecular weight excluding hydrogens is 248 g/mol. The van der Waals surface area contributed by atoms with E-state index in [9.17, 15) is 9.59 Å². The molecule has 98 valence electrons. The van der Waals surface area contributed by atoms with Crippen LogP contribution in [0.1, 0.15) is 26.5 Å². The first-order valence-electron chi connectivity index (χ1n) is 5.48. The molecule has 2 aromatic rings. The van der Waals surface area contributed by atoms with Crippen molar-refractivity contribution in [2.24, 2.45) is 7.05 Å². The van der Waals surface area contributed by atoms with Gasteiger partial charge in [0.2, 0.25) is 0 Å². The molecule has 7 heteroatoms. The van der Waals surface area contributed by atoms with Gasteiger partial charge in [-0.25, -0.2) is 4.79 Å². The van der Waals surface area contributed by atoms with Crippen molar-refractivity contribution in [2.75, 3.05) is 5.32 Å². The number of nitrogens with one attached hydrogen (secondary N) is 1. The standard InChI is InChI=1S/C12H12N4O3/c1-7-5-10(16(2)15-7)14-11(17)9-4-3-8(6-13-9)12(18)19/h3-6H,1-2H3,(H,14,17)(H,18,19). The molecule has 2 rings (SSSR count). The minimum absolute atomic E-state index is 0.0351. The molecule has 0 spiro atoms. The first-order valence-corrected chi connectivity index (χ1v) is 5.48. The number of aromatic nitrogens is 3. The Morgan fingerprint density at radius 3 is 2.58 bits per heavy atom. The molecule has 0 aliphatic heterocycles. The number of carboxylic acid groups (broad SMARTS) is 1. The molecular formula is C12H12N4O3. The Labute approximate surface area is 108 Å². The molecule has 0 aliphatic rings. The van der Waals surface area contributed by atoms with Crippen LogP contribution in [0.25, 0.3) is 0 Å². The zero-order valence-corrected chi connectivity index (χ0v) is 10.4. The van der Waals surface area contributed by atoms with Gasteiger partial charge in [-0.2, -0.15) is 5.10 Å². The highest BCUT2D eigenvalue weighted by Crippen LogP contribution is 2.10. The maximum atomic E-state index is 11.9. The number of aromatic carboxylic acids is 1. The van der Waals surface area contributed by atoms with Gasteiger partial charge in [0.1, 0.15) is 11.5 Å². The summed E-state index contributed by atoms with van der Waals surface area (Å²) in [6.07, 6.45) is 1.14. The molecule has 0 radical (unpaired) electrons. The van der Waals surface area contributed by atoms with Crippen molar-refractivity contribution in [3.8, 4) is 0 Å². The SMILES string of the molecule is Cc1cc(NC(=O)c2ccc(C(=O)O)cn2)n(C)n1. The molecule has 2 heterocycles. The number of amides is 1. The lowest BCUT2D eigenvalue weighted by Crippen LogP contribution is -2.16. The summed E-state index contributed by atoms with van der Waals surface area (Å²) >= 11 is 0. The van der Waals surface area contributed by atoms with Crippen LogP contribution in [-0.2, 0) is 7.05 Å². The second-order valence-corrected chi connectivity index (χ2v) is 3.99. The molecule has 19 heavy (non-hydrogen) atoms. The number of carbonyl (C=O) groups is 2. The van der Waals surface area contributed by atoms with E-state index < -0.39 is 11.9 Å². The molecule has 0 aromatic carbocycles. The molecule has 0 unspecified atom stereocenters. The Bertz CT molecular complexity index is 631. The molecule has 1 amide bonds. The normalized spacial score (nSPS) is 10.2. The van der Waals surface area contributed by atoms with E-state index in [1.54, 1.807) is 17.8 Å². The quantitative estimate of drug-likeness (QED) is 0.860. The summed E-state index contributed by atoms with van der Waals surface area (Å²) in [4.78, 5) is 26.4. The van der Waals surface area contributed by atoms with Crippen LogP contribution in [-0.4, -0.2) is 31.7 Å². The monoisotopic (exact) mass is 260 g/mol. The Morgan fingerprint density at radius 2 is 2.11 bits per heavy atom. The number of carboxylic acids is 1. The average molecular weight is 260 g/mol. The van der Waals surface area contributed by atoms with Crippen molar-refractivity contribution >= 4 is 17.7 Å². The van der Waals surface area contributed by atoms with Crippen LogP contribution in [0.15, 0.2) is 24.4 Å². The van der Waals surface area contributed by atoms with E-state index in [0.717, 1.165) is 11.9 Å². The molecule has 0 saturated carbocycles. The fourth-order valence-electron chi connectivity index (χ4n) is 1.56. The van der Waals surface area contributed by atoms with Gasteiger partial charge < -0.3 is 10.4 Å². The van der Waals surface area contributed by atoms with Crippen molar-refractivity contribution in [1.29, 1.82) is 0 Å². The van der Waals surface area contributed by atoms with E-state index in [1.807, 2.05) is 6.92 Å². The lowest BCUT2D eigenvalue weighted by Gasteiger charge is -2.04. The van der Waals surface area contributed by atoms with E-state index in [4.69, 9.17) is 5.11 Å². The van der Waals surface area contributed by atoms with Crippen LogP contribution in [0.4, 0.5) is 5.82 Å². The lowest BCUT2D eigenvalue weighted by atomic mass is 10.2. The Kier molecular flexibility index (Phi) is 3.28. The number of aryl methyl sites for hydroxylation is 2. The predicted molar refractivity (Wildman–Crippen MR) is 67.1 cm³/mol. The maximum Gasteiger partial charge on any atom is 0.337 e. The summed E-state index contributed by atoms with van der Waals surface area (Å²) in [5.41, 5.74) is 0.962. The van der Waals surface area contributed by atoms with Crippen molar-refractivity contribution in [3.63, 3.8) is 0 Å². The Hall–Kier alpha value is -2.70. The smallest absolute Gasteiger partial charge is 0.337 e. The van der Waals surface area contributed by atoms with Crippen molar-refractivity contribution in [2.45, 2.75) is 6.92 Å². The van der Waals surface area contributed by atoms with Gasteiger partial charge in [-0.15, -0.1) is 0 Å². The van der Waals surface area contributed by atoms with Gasteiger partial charge in [-0.1, -0.05) is 0 Å². The van der Waals surface area contributed by atoms with Gasteiger partial charge in [0.15, 0.2) is 0 Å². The fraction of sp³-hybridized carbons (Fsp3) is 0.167. The number of hydrogen-bond donors (Lipinski definition) is 2. The fourth-order valence-corrected chi connectivity index (χ4v) is 1.56. The Balaban J connectivity index is 2.16. The average Bonchev–Trinajstić information content (AvgIpc) is 2.68. The van der Waals surface area contributed by atoms with E-state index in [2.05, 4.69) is 15.4 Å². The lowest BCUT2D eigenvalue weighted by molar-refractivity contribution is 0.0696. The number of anilines is 1. The number of rotatable bonds is 3. The van der Waals surface area contributed by atoms with Crippen LogP contribution in [0, 0.1) is 6.92 Å². The van der Waals surface area contributed by atoms with E-state index in [0.29, 0.717) is 5.82 Å². The zero-order chi connectivity index (χ0) is 14.0. The molecule has 2 aromatic heterocycles. The Morgan fingerprint density at radius 1 is 1.37 bits per heavy atom. The van der Waals surface area contributed by atoms with Gasteiger partial charge in [-0.05, 0) is 19.1 Å². The molecule has 0 aliphatic carbocycles. The number of pyridine rings is 1. The summed E-state index contributed by atoms with van der Waals surface area (Å²) in [5.74, 6) is -0.951. The van der Waals surface area contributed by atoms with Gasteiger partial charge >= 0.3 is 5.97 Å². The van der Waals surface area contributed by atoms with Crippen LogP contribution in [0.2, 0.25) is 0 Å². The molecule has 0 atom stereocenters. The third-order valence-corrected chi connectivity index (χ3v) is 2.49. The summed E-state index contributed by atoms with van der Waals surface area (Å²) < 4.78 is 1.54. The largest absolute Gasteiger partial charge is 0.478 e. The van der Waals surface area contributed by atoms with Gasteiger partial charge in [0.05, 0.1) is 11.3 Å². The zero-order valence-electron chi connectivity index (χ0n) is 10.4. The van der Waals surface area contributed by atoms with Crippen molar-refractivity contribution in [1.82, 2.24) is 14.8 Å². The van der Waals surface area contributed by atoms with Crippen molar-refractivity contribution in [3.05, 3.63) is 41.3 Å². The third-order valence-electron chi connectivity index (χ3n) is 2.49. The first-order chi connectivity index (χ1) is 8.97. The molecule has 0 bridgehead atoms. The third kappa shape index (κ3) is 2.76. The van der Waals surface area contributed by atoms with Crippen LogP contribution < -0.4 is 5.32 Å². The van der Waals surface area contributed by atoms with Crippen LogP contribution in [0.5, 0.6) is 0 Å². The van der Waals surface area contributed by atoms with Gasteiger partial charge in [0.25, 0.3) is 5.91 Å². The maximum absolute atomic E-state index is 11.9. The molecule has 7 nitrogen and oxygen atoms in total. The summed E-state index contributed by atoms with van der Waals surface area (Å²) in [6, 6.07) is 4.42. The van der Waals surface area contributed by atoms with E-state index >= 15 is 0 Å². The number of carbonyl (C=O) groups excluding carboxylic acids is 1. The number of nitrogens with zero attached hydrogens (tertiary/aromatic N) is 3. The highest BCUT2D eigenvalue weighted by atomic mass is 16.4. The highest BCUT2D eigenvalue weighted by molar-refractivity contribution is 6.02. The first kappa shape index (κ1) is 12.7. The minimum Gasteiger partial charge on any atom is -0.478 e. The topological polar surface area (TPSA) is 97.1 Å². The van der Waals surface area contributed by atoms with Gasteiger partial charge in [0, 0.05) is 19.3 Å². The van der Waals surface area contributed by atoms with Crippen molar-refractivity contribution < 1.29 is 14.7 Å². The summed E-state index contributed by atoms with van der Waals surface area (Å²) in [6.45, 7) is 1.82. The molecule has 2 N–H and O–H groups in total. The van der Waals surface area contributed by atoms with Crippen LogP contribution in [0.3, 0.4) is 0 Å². The van der Waals surface area contributed by atoms with E-state index in [1.165, 1.54) is 12.1 Å². The second kappa shape index (κ2) is 4.89. The highest BCUT2D eigenvalue weighted by Gasteiger charge is 2.11. The number of hydrogen-bond acceptors (Lipinski definition) is 4. The van der Waals surface area contributed by atoms with Gasteiger partial charge in [-0.3, -0.25) is 14.5 Å². The molecule has 0 saturated heterocycles. The molecule has 0 fully saturated rings. The predicted octanol–water partition coefficient (Wildman–Crippen LogP) is 1.07. The van der Waals surface area contributed by atoms with E-state index in [-0.39, 0.29) is 11.3 Å². The summed E-state index contributed by atoms with van der Waals surface area (Å²) in [7, 11) is 1.71. The second-order valence-electron chi connectivity index (χ2n) is 3.99.